The quantitative estimate of drug-likeness (QED) is 0.640. The minimum Gasteiger partial charge on any atom is -0.489 e. The molecule has 1 aliphatic rings. The Kier molecular flexibility index (Phi) is 4.93. The molecule has 0 amide bonds. The van der Waals surface area contributed by atoms with Crippen molar-refractivity contribution in [2.45, 2.75) is 32.2 Å². The number of rotatable bonds is 5. The number of aliphatic hydroxyl groups is 1. The molecule has 0 spiro atoms. The van der Waals surface area contributed by atoms with Crippen LogP contribution in [-0.4, -0.2) is 10.7 Å². The molecule has 0 fully saturated rings. The minimum atomic E-state index is -0.697. The highest BCUT2D eigenvalue weighted by Crippen LogP contribution is 2.34. The van der Waals surface area contributed by atoms with Crippen molar-refractivity contribution in [1.82, 2.24) is 0 Å². The third kappa shape index (κ3) is 4.10. The summed E-state index contributed by atoms with van der Waals surface area (Å²) in [6, 6.07) is 23.5. The monoisotopic (exact) mass is 372 g/mol. The van der Waals surface area contributed by atoms with Crippen LogP contribution < -0.4 is 9.47 Å². The molecule has 3 aromatic rings. The highest BCUT2D eigenvalue weighted by atomic mass is 16.5. The molecule has 1 atom stereocenters. The first-order valence-corrected chi connectivity index (χ1v) is 9.47. The lowest BCUT2D eigenvalue weighted by molar-refractivity contribution is 0.158. The molecule has 1 aliphatic heterocycles. The van der Waals surface area contributed by atoms with E-state index in [1.165, 1.54) is 0 Å². The molecular weight excluding hydrogens is 348 g/mol. The van der Waals surface area contributed by atoms with Gasteiger partial charge in [0.25, 0.3) is 0 Å². The molecule has 0 bridgehead atoms. The second-order valence-electron chi connectivity index (χ2n) is 7.58. The average Bonchev–Trinajstić information content (AvgIpc) is 2.72. The first-order chi connectivity index (χ1) is 13.5. The van der Waals surface area contributed by atoms with Crippen molar-refractivity contribution >= 4 is 6.08 Å². The van der Waals surface area contributed by atoms with Crippen LogP contribution in [0.15, 0.2) is 78.9 Å². The number of aliphatic hydroxyl groups excluding tert-OH is 1. The van der Waals surface area contributed by atoms with Gasteiger partial charge in [0.15, 0.2) is 0 Å². The molecule has 1 unspecified atom stereocenters. The molecule has 0 aliphatic carbocycles. The van der Waals surface area contributed by atoms with E-state index in [1.54, 1.807) is 0 Å². The summed E-state index contributed by atoms with van der Waals surface area (Å²) >= 11 is 0. The Morgan fingerprint density at radius 2 is 1.64 bits per heavy atom. The van der Waals surface area contributed by atoms with Gasteiger partial charge in [0.1, 0.15) is 29.8 Å². The van der Waals surface area contributed by atoms with Crippen molar-refractivity contribution in [3.05, 3.63) is 101 Å². The minimum absolute atomic E-state index is 0.303. The maximum atomic E-state index is 10.8. The average molecular weight is 372 g/mol. The van der Waals surface area contributed by atoms with Crippen molar-refractivity contribution in [2.24, 2.45) is 0 Å². The smallest absolute Gasteiger partial charge is 0.127 e. The van der Waals surface area contributed by atoms with Gasteiger partial charge in [-0.2, -0.15) is 0 Å². The lowest BCUT2D eigenvalue weighted by atomic mass is 9.96. The molecule has 0 saturated carbocycles. The molecule has 3 heteroatoms. The third-order valence-corrected chi connectivity index (χ3v) is 4.83. The predicted octanol–water partition coefficient (Wildman–Crippen LogP) is 5.53. The zero-order chi connectivity index (χ0) is 19.6. The van der Waals surface area contributed by atoms with E-state index in [4.69, 9.17) is 9.47 Å². The van der Waals surface area contributed by atoms with Gasteiger partial charge in [0.05, 0.1) is 0 Å². The van der Waals surface area contributed by atoms with Crippen LogP contribution in [0.2, 0.25) is 0 Å². The number of fused-ring (bicyclic) bond motifs is 1. The molecule has 0 radical (unpaired) electrons. The van der Waals surface area contributed by atoms with Gasteiger partial charge in [-0.05, 0) is 60.9 Å². The van der Waals surface area contributed by atoms with Crippen molar-refractivity contribution in [3.8, 4) is 11.5 Å². The molecule has 28 heavy (non-hydrogen) atoms. The topological polar surface area (TPSA) is 38.7 Å². The van der Waals surface area contributed by atoms with E-state index >= 15 is 0 Å². The van der Waals surface area contributed by atoms with Crippen LogP contribution in [0.25, 0.3) is 6.08 Å². The SMILES string of the molecule is CC1(C)C=Cc2cc(C(O)c3ccc(OCc4ccccc4)cc3)ccc2O1. The van der Waals surface area contributed by atoms with Gasteiger partial charge in [-0.3, -0.25) is 0 Å². The van der Waals surface area contributed by atoms with Crippen LogP contribution in [0.3, 0.4) is 0 Å². The summed E-state index contributed by atoms with van der Waals surface area (Å²) in [5.41, 5.74) is 3.47. The fourth-order valence-electron chi connectivity index (χ4n) is 3.25. The lowest BCUT2D eigenvalue weighted by Gasteiger charge is -2.28. The first kappa shape index (κ1) is 18.3. The fourth-order valence-corrected chi connectivity index (χ4v) is 3.25. The van der Waals surface area contributed by atoms with Crippen molar-refractivity contribution < 1.29 is 14.6 Å². The summed E-state index contributed by atoms with van der Waals surface area (Å²) in [6.07, 6.45) is 3.39. The summed E-state index contributed by atoms with van der Waals surface area (Å²) in [5, 5.41) is 10.8. The van der Waals surface area contributed by atoms with E-state index in [-0.39, 0.29) is 5.60 Å². The summed E-state index contributed by atoms with van der Waals surface area (Å²) < 4.78 is 11.8. The number of ether oxygens (including phenoxy) is 2. The Bertz CT molecular complexity index is 972. The van der Waals surface area contributed by atoms with Gasteiger partial charge in [0.2, 0.25) is 0 Å². The van der Waals surface area contributed by atoms with E-state index < -0.39 is 6.10 Å². The van der Waals surface area contributed by atoms with Crippen LogP contribution in [0.1, 0.15) is 42.2 Å². The van der Waals surface area contributed by atoms with Crippen molar-refractivity contribution in [1.29, 1.82) is 0 Å². The van der Waals surface area contributed by atoms with Crippen LogP contribution in [0.5, 0.6) is 11.5 Å². The number of hydrogen-bond donors (Lipinski definition) is 1. The first-order valence-electron chi connectivity index (χ1n) is 9.47. The normalized spacial score (nSPS) is 15.4. The number of benzene rings is 3. The van der Waals surface area contributed by atoms with Gasteiger partial charge < -0.3 is 14.6 Å². The molecule has 142 valence electrons. The third-order valence-electron chi connectivity index (χ3n) is 4.83. The van der Waals surface area contributed by atoms with Gasteiger partial charge in [-0.1, -0.05) is 54.6 Å². The van der Waals surface area contributed by atoms with E-state index in [0.29, 0.717) is 6.61 Å². The van der Waals surface area contributed by atoms with Crippen LogP contribution in [0.4, 0.5) is 0 Å². The Morgan fingerprint density at radius 1 is 0.929 bits per heavy atom. The maximum absolute atomic E-state index is 10.8. The standard InChI is InChI=1S/C25H24O3/c1-25(2)15-14-20-16-21(10-13-23(20)28-25)24(26)19-8-11-22(12-9-19)27-17-18-6-4-3-5-7-18/h3-16,24,26H,17H2,1-2H3. The molecular formula is C25H24O3. The second kappa shape index (κ2) is 7.53. The fraction of sp³-hybridized carbons (Fsp3) is 0.200. The van der Waals surface area contributed by atoms with Gasteiger partial charge in [0, 0.05) is 5.56 Å². The molecule has 3 aromatic carbocycles. The zero-order valence-corrected chi connectivity index (χ0v) is 16.1. The van der Waals surface area contributed by atoms with E-state index in [1.807, 2.05) is 92.7 Å². The molecule has 0 saturated heterocycles. The molecule has 3 nitrogen and oxygen atoms in total. The molecule has 1 heterocycles. The summed E-state index contributed by atoms with van der Waals surface area (Å²) in [7, 11) is 0. The van der Waals surface area contributed by atoms with E-state index in [2.05, 4.69) is 6.08 Å². The Labute approximate surface area is 165 Å². The molecule has 1 N–H and O–H groups in total. The van der Waals surface area contributed by atoms with E-state index in [9.17, 15) is 5.11 Å². The summed E-state index contributed by atoms with van der Waals surface area (Å²) in [6.45, 7) is 4.57. The Morgan fingerprint density at radius 3 is 2.39 bits per heavy atom. The van der Waals surface area contributed by atoms with Gasteiger partial charge >= 0.3 is 0 Å². The Balaban J connectivity index is 1.46. The zero-order valence-electron chi connectivity index (χ0n) is 16.1. The highest BCUT2D eigenvalue weighted by molar-refractivity contribution is 5.62. The van der Waals surface area contributed by atoms with E-state index in [0.717, 1.165) is 33.8 Å². The second-order valence-corrected chi connectivity index (χ2v) is 7.58. The molecule has 0 aromatic heterocycles. The van der Waals surface area contributed by atoms with Gasteiger partial charge in [-0.15, -0.1) is 0 Å². The number of hydrogen-bond acceptors (Lipinski definition) is 3. The van der Waals surface area contributed by atoms with Gasteiger partial charge in [-0.25, -0.2) is 0 Å². The largest absolute Gasteiger partial charge is 0.489 e. The predicted molar refractivity (Wildman–Crippen MR) is 111 cm³/mol. The Hall–Kier alpha value is -3.04. The van der Waals surface area contributed by atoms with Crippen LogP contribution in [-0.2, 0) is 6.61 Å². The lowest BCUT2D eigenvalue weighted by Crippen LogP contribution is -2.27. The molecule has 4 rings (SSSR count). The maximum Gasteiger partial charge on any atom is 0.127 e. The van der Waals surface area contributed by atoms with Crippen molar-refractivity contribution in [3.63, 3.8) is 0 Å². The summed E-state index contributed by atoms with van der Waals surface area (Å²) in [5.74, 6) is 1.62. The highest BCUT2D eigenvalue weighted by Gasteiger charge is 2.22. The van der Waals surface area contributed by atoms with Crippen LogP contribution in [0, 0.1) is 0 Å². The van der Waals surface area contributed by atoms with Crippen molar-refractivity contribution in [2.75, 3.05) is 0 Å². The summed E-state index contributed by atoms with van der Waals surface area (Å²) in [4.78, 5) is 0. The van der Waals surface area contributed by atoms with Crippen LogP contribution >= 0.6 is 0 Å².